The van der Waals surface area contributed by atoms with Crippen molar-refractivity contribution in [3.63, 3.8) is 0 Å². The van der Waals surface area contributed by atoms with Crippen LogP contribution in [0.15, 0.2) is 12.2 Å². The molecule has 1 aliphatic rings. The lowest BCUT2D eigenvalue weighted by molar-refractivity contribution is -0.136. The van der Waals surface area contributed by atoms with Gasteiger partial charge in [-0.15, -0.1) is 0 Å². The molecule has 0 radical (unpaired) electrons. The van der Waals surface area contributed by atoms with E-state index in [0.29, 0.717) is 32.0 Å². The van der Waals surface area contributed by atoms with Crippen LogP contribution in [0.2, 0.25) is 6.04 Å². The minimum absolute atomic E-state index is 0.245. The molecule has 26 heavy (non-hydrogen) atoms. The van der Waals surface area contributed by atoms with Gasteiger partial charge in [0, 0.05) is 58.4 Å². The average Bonchev–Trinajstić information content (AvgIpc) is 2.96. The Morgan fingerprint density at radius 1 is 0.962 bits per heavy atom. The summed E-state index contributed by atoms with van der Waals surface area (Å²) in [7, 11) is 0.662. The van der Waals surface area contributed by atoms with Gasteiger partial charge in [-0.05, 0) is 32.6 Å². The number of hydrogen-bond donors (Lipinski definition) is 0. The number of carbonyl (C=O) groups is 3. The monoisotopic (exact) mass is 385 g/mol. The summed E-state index contributed by atoms with van der Waals surface area (Å²) in [6, 6.07) is 0.715. The van der Waals surface area contributed by atoms with Crippen molar-refractivity contribution in [3.8, 4) is 0 Å². The second kappa shape index (κ2) is 12.1. The molecule has 0 atom stereocenters. The third-order valence-corrected chi connectivity index (χ3v) is 7.35. The standard InChI is InChI=1S/C18H31NO6Si/c1-4-25-26(23-2,24-3)15-9-7-11-16(20)10-6-5-8-14-19-17(21)12-13-18(19)22/h12-13H,4-11,14-15H2,1-3H3. The molecule has 7 nitrogen and oxygen atoms in total. The summed E-state index contributed by atoms with van der Waals surface area (Å²) in [4.78, 5) is 36.0. The summed E-state index contributed by atoms with van der Waals surface area (Å²) in [5.41, 5.74) is 0. The molecule has 1 aliphatic heterocycles. The molecule has 0 N–H and O–H groups in total. The highest BCUT2D eigenvalue weighted by atomic mass is 28.4. The lowest BCUT2D eigenvalue weighted by Crippen LogP contribution is -2.43. The van der Waals surface area contributed by atoms with E-state index in [0.717, 1.165) is 32.1 Å². The number of imide groups is 1. The number of nitrogens with zero attached hydrogens (tertiary/aromatic N) is 1. The van der Waals surface area contributed by atoms with Gasteiger partial charge in [-0.3, -0.25) is 19.3 Å². The van der Waals surface area contributed by atoms with E-state index >= 15 is 0 Å². The van der Waals surface area contributed by atoms with E-state index in [2.05, 4.69) is 0 Å². The Kier molecular flexibility index (Phi) is 10.6. The molecule has 1 heterocycles. The quantitative estimate of drug-likeness (QED) is 0.245. The van der Waals surface area contributed by atoms with E-state index < -0.39 is 8.80 Å². The fourth-order valence-corrected chi connectivity index (χ4v) is 4.98. The molecular weight excluding hydrogens is 354 g/mol. The number of ketones is 1. The molecule has 148 valence electrons. The molecule has 1 rings (SSSR count). The van der Waals surface area contributed by atoms with Gasteiger partial charge in [-0.1, -0.05) is 6.42 Å². The summed E-state index contributed by atoms with van der Waals surface area (Å²) >= 11 is 0. The number of hydrogen-bond acceptors (Lipinski definition) is 6. The number of Topliss-reactive ketones (excluding diaryl/α,β-unsaturated/α-hetero) is 1. The minimum Gasteiger partial charge on any atom is -0.377 e. The highest BCUT2D eigenvalue weighted by molar-refractivity contribution is 6.60. The van der Waals surface area contributed by atoms with Crippen molar-refractivity contribution < 1.29 is 27.7 Å². The van der Waals surface area contributed by atoms with Crippen LogP contribution in [0.3, 0.4) is 0 Å². The van der Waals surface area contributed by atoms with E-state index in [-0.39, 0.29) is 17.6 Å². The zero-order valence-corrected chi connectivity index (χ0v) is 17.1. The molecule has 0 fully saturated rings. The van der Waals surface area contributed by atoms with E-state index in [9.17, 15) is 14.4 Å². The van der Waals surface area contributed by atoms with Crippen LogP contribution < -0.4 is 0 Å². The van der Waals surface area contributed by atoms with Crippen LogP contribution in [0, 0.1) is 0 Å². The Morgan fingerprint density at radius 2 is 1.54 bits per heavy atom. The lowest BCUT2D eigenvalue weighted by atomic mass is 10.1. The first-order valence-corrected chi connectivity index (χ1v) is 11.2. The molecular formula is C18H31NO6Si. The average molecular weight is 386 g/mol. The van der Waals surface area contributed by atoms with Gasteiger partial charge in [0.25, 0.3) is 11.8 Å². The molecule has 0 aromatic rings. The predicted octanol–water partition coefficient (Wildman–Crippen LogP) is 2.48. The Morgan fingerprint density at radius 3 is 2.08 bits per heavy atom. The van der Waals surface area contributed by atoms with Gasteiger partial charge in [0.05, 0.1) is 0 Å². The fraction of sp³-hybridized carbons (Fsp3) is 0.722. The van der Waals surface area contributed by atoms with Crippen molar-refractivity contribution in [2.45, 2.75) is 57.9 Å². The third-order valence-electron chi connectivity index (χ3n) is 4.41. The van der Waals surface area contributed by atoms with Gasteiger partial charge in [-0.25, -0.2) is 0 Å². The topological polar surface area (TPSA) is 82.1 Å². The van der Waals surface area contributed by atoms with Gasteiger partial charge >= 0.3 is 8.80 Å². The SMILES string of the molecule is CCO[Si](CCCCC(=O)CCCCCN1C(=O)C=CC1=O)(OC)OC. The highest BCUT2D eigenvalue weighted by Gasteiger charge is 2.37. The number of amides is 2. The highest BCUT2D eigenvalue weighted by Crippen LogP contribution is 2.18. The Balaban J connectivity index is 2.08. The second-order valence-electron chi connectivity index (χ2n) is 6.24. The maximum atomic E-state index is 11.9. The van der Waals surface area contributed by atoms with Crippen LogP contribution in [0.4, 0.5) is 0 Å². The number of carbonyl (C=O) groups excluding carboxylic acids is 3. The first kappa shape index (κ1) is 22.7. The summed E-state index contributed by atoms with van der Waals surface area (Å²) in [6.45, 7) is 2.89. The normalized spacial score (nSPS) is 14.5. The molecule has 0 spiro atoms. The fourth-order valence-electron chi connectivity index (χ4n) is 2.91. The molecule has 0 unspecified atom stereocenters. The van der Waals surface area contributed by atoms with Crippen LogP contribution in [0.25, 0.3) is 0 Å². The van der Waals surface area contributed by atoms with Crippen molar-refractivity contribution in [3.05, 3.63) is 12.2 Å². The van der Waals surface area contributed by atoms with E-state index in [1.54, 1.807) is 14.2 Å². The molecule has 0 aliphatic carbocycles. The molecule has 0 bridgehead atoms. The van der Waals surface area contributed by atoms with Crippen molar-refractivity contribution in [1.29, 1.82) is 0 Å². The van der Waals surface area contributed by atoms with Gasteiger partial charge in [0.1, 0.15) is 5.78 Å². The van der Waals surface area contributed by atoms with Crippen LogP contribution >= 0.6 is 0 Å². The second-order valence-corrected chi connectivity index (χ2v) is 9.21. The smallest absolute Gasteiger partial charge is 0.377 e. The molecule has 0 aromatic carbocycles. The molecule has 2 amide bonds. The zero-order chi connectivity index (χ0) is 19.4. The van der Waals surface area contributed by atoms with E-state index in [1.807, 2.05) is 6.92 Å². The lowest BCUT2D eigenvalue weighted by Gasteiger charge is -2.25. The van der Waals surface area contributed by atoms with Gasteiger partial charge in [0.15, 0.2) is 0 Å². The molecule has 8 heteroatoms. The molecule has 0 aromatic heterocycles. The predicted molar refractivity (Wildman–Crippen MR) is 99.4 cm³/mol. The van der Waals surface area contributed by atoms with Crippen molar-refractivity contribution in [1.82, 2.24) is 4.90 Å². The van der Waals surface area contributed by atoms with Crippen LogP contribution in [-0.4, -0.2) is 58.7 Å². The van der Waals surface area contributed by atoms with Crippen LogP contribution in [-0.2, 0) is 27.7 Å². The van der Waals surface area contributed by atoms with Crippen LogP contribution in [0.5, 0.6) is 0 Å². The minimum atomic E-state index is -2.55. The van der Waals surface area contributed by atoms with Crippen molar-refractivity contribution in [2.24, 2.45) is 0 Å². The summed E-state index contributed by atoms with van der Waals surface area (Å²) in [6.07, 6.45) is 7.68. The Bertz CT molecular complexity index is 486. The summed E-state index contributed by atoms with van der Waals surface area (Å²) in [5, 5.41) is 0. The van der Waals surface area contributed by atoms with Gasteiger partial charge in [0.2, 0.25) is 0 Å². The Hall–Kier alpha value is -1.35. The van der Waals surface area contributed by atoms with Gasteiger partial charge < -0.3 is 13.3 Å². The first-order chi connectivity index (χ1) is 12.5. The summed E-state index contributed by atoms with van der Waals surface area (Å²) in [5.74, 6) is -0.242. The molecule has 0 saturated heterocycles. The summed E-state index contributed by atoms with van der Waals surface area (Å²) < 4.78 is 16.5. The zero-order valence-electron chi connectivity index (χ0n) is 16.1. The Labute approximate surface area is 157 Å². The van der Waals surface area contributed by atoms with Crippen molar-refractivity contribution >= 4 is 26.4 Å². The van der Waals surface area contributed by atoms with E-state index in [1.165, 1.54) is 17.1 Å². The maximum Gasteiger partial charge on any atom is 0.500 e. The third kappa shape index (κ3) is 7.49. The van der Waals surface area contributed by atoms with Crippen LogP contribution in [0.1, 0.15) is 51.9 Å². The first-order valence-electron chi connectivity index (χ1n) is 9.27. The van der Waals surface area contributed by atoms with Crippen molar-refractivity contribution in [2.75, 3.05) is 27.4 Å². The van der Waals surface area contributed by atoms with E-state index in [4.69, 9.17) is 13.3 Å². The maximum absolute atomic E-state index is 11.9. The largest absolute Gasteiger partial charge is 0.500 e. The number of rotatable bonds is 15. The number of unbranched alkanes of at least 4 members (excludes halogenated alkanes) is 3. The molecule has 0 saturated carbocycles. The van der Waals surface area contributed by atoms with Gasteiger partial charge in [-0.2, -0.15) is 0 Å².